The molecule has 20 heavy (non-hydrogen) atoms. The lowest BCUT2D eigenvalue weighted by Crippen LogP contribution is -2.18. The van der Waals surface area contributed by atoms with E-state index in [2.05, 4.69) is 34.7 Å². The molecule has 1 aromatic heterocycles. The summed E-state index contributed by atoms with van der Waals surface area (Å²) in [6, 6.07) is 4.13. The Morgan fingerprint density at radius 2 is 1.55 bits per heavy atom. The number of hydrogen-bond donors (Lipinski definition) is 2. The second-order valence-electron chi connectivity index (χ2n) is 4.95. The molecule has 0 aliphatic rings. The van der Waals surface area contributed by atoms with Crippen LogP contribution in [0.3, 0.4) is 0 Å². The van der Waals surface area contributed by atoms with Crippen molar-refractivity contribution in [2.45, 2.75) is 43.9 Å². The van der Waals surface area contributed by atoms with Crippen molar-refractivity contribution in [2.24, 2.45) is 0 Å². The maximum atomic E-state index is 4.02. The molecule has 0 bridgehead atoms. The van der Waals surface area contributed by atoms with Gasteiger partial charge < -0.3 is 10.6 Å². The van der Waals surface area contributed by atoms with Crippen molar-refractivity contribution in [2.75, 3.05) is 31.9 Å². The van der Waals surface area contributed by atoms with Crippen LogP contribution in [-0.2, 0) is 0 Å². The van der Waals surface area contributed by atoms with E-state index in [1.807, 2.05) is 24.2 Å². The summed E-state index contributed by atoms with van der Waals surface area (Å²) < 4.78 is 0. The lowest BCUT2D eigenvalue weighted by atomic mass is 10.2. The normalized spacial score (nSPS) is 10.8. The monoisotopic (exact) mass is 295 g/mol. The van der Waals surface area contributed by atoms with E-state index < -0.39 is 0 Å². The van der Waals surface area contributed by atoms with Crippen molar-refractivity contribution >= 4 is 11.8 Å². The molecule has 0 saturated heterocycles. The molecular weight excluding hydrogens is 266 g/mol. The summed E-state index contributed by atoms with van der Waals surface area (Å²) in [6.07, 6.45) is 10.3. The molecule has 0 radical (unpaired) electrons. The number of nitrogens with zero attached hydrogens (tertiary/aromatic N) is 1. The quantitative estimate of drug-likeness (QED) is 0.432. The van der Waals surface area contributed by atoms with E-state index in [0.717, 1.165) is 25.4 Å². The Balaban J connectivity index is 1.77. The van der Waals surface area contributed by atoms with Gasteiger partial charge in [0.2, 0.25) is 0 Å². The third kappa shape index (κ3) is 10.2. The van der Waals surface area contributed by atoms with Crippen molar-refractivity contribution in [1.29, 1.82) is 0 Å². The molecule has 0 saturated carbocycles. The Bertz CT molecular complexity index is 306. The lowest BCUT2D eigenvalue weighted by Gasteiger charge is -2.05. The third-order valence-corrected chi connectivity index (χ3v) is 4.09. The molecule has 4 heteroatoms. The molecule has 0 amide bonds. The molecule has 1 rings (SSSR count). The van der Waals surface area contributed by atoms with E-state index in [0.29, 0.717) is 0 Å². The minimum atomic E-state index is 1.09. The number of pyridine rings is 1. The van der Waals surface area contributed by atoms with E-state index in [1.165, 1.54) is 43.5 Å². The molecule has 1 aromatic rings. The van der Waals surface area contributed by atoms with Crippen LogP contribution in [0.1, 0.15) is 39.0 Å². The van der Waals surface area contributed by atoms with Gasteiger partial charge in [-0.05, 0) is 51.0 Å². The summed E-state index contributed by atoms with van der Waals surface area (Å²) >= 11 is 1.89. The zero-order chi connectivity index (χ0) is 14.3. The number of thioether (sulfide) groups is 1. The van der Waals surface area contributed by atoms with Gasteiger partial charge in [-0.15, -0.1) is 11.8 Å². The van der Waals surface area contributed by atoms with Gasteiger partial charge >= 0.3 is 0 Å². The second-order valence-corrected chi connectivity index (χ2v) is 6.11. The Morgan fingerprint density at radius 3 is 2.20 bits per heavy atom. The molecule has 1 heterocycles. The fraction of sp³-hybridized carbons (Fsp3) is 0.688. The average molecular weight is 295 g/mol. The standard InChI is InChI=1S/C16H29N3S/c1-2-9-17-10-5-3-4-6-11-18-14-15-20-16-7-12-19-13-8-16/h7-8,12-13,17-18H,2-6,9-11,14-15H2,1H3. The summed E-state index contributed by atoms with van der Waals surface area (Å²) in [5, 5.41) is 6.96. The van der Waals surface area contributed by atoms with Gasteiger partial charge in [0.05, 0.1) is 0 Å². The zero-order valence-electron chi connectivity index (χ0n) is 12.7. The van der Waals surface area contributed by atoms with Crippen LogP contribution >= 0.6 is 11.8 Å². The molecule has 2 N–H and O–H groups in total. The SMILES string of the molecule is CCCNCCCCCCNCCSc1ccncc1. The largest absolute Gasteiger partial charge is 0.317 e. The molecular formula is C16H29N3S. The molecule has 0 unspecified atom stereocenters. The van der Waals surface area contributed by atoms with Crippen LogP contribution in [0.4, 0.5) is 0 Å². The third-order valence-electron chi connectivity index (χ3n) is 3.08. The minimum Gasteiger partial charge on any atom is -0.317 e. The van der Waals surface area contributed by atoms with Crippen molar-refractivity contribution in [1.82, 2.24) is 15.6 Å². The van der Waals surface area contributed by atoms with Gasteiger partial charge in [-0.25, -0.2) is 0 Å². The number of hydrogen-bond acceptors (Lipinski definition) is 4. The number of aromatic nitrogens is 1. The Labute approximate surface area is 128 Å². The summed E-state index contributed by atoms with van der Waals surface area (Å²) in [5.74, 6) is 1.13. The van der Waals surface area contributed by atoms with Gasteiger partial charge in [-0.1, -0.05) is 19.8 Å². The second kappa shape index (κ2) is 13.4. The van der Waals surface area contributed by atoms with E-state index in [4.69, 9.17) is 0 Å². The molecule has 0 aromatic carbocycles. The van der Waals surface area contributed by atoms with Crippen LogP contribution < -0.4 is 10.6 Å². The van der Waals surface area contributed by atoms with Crippen LogP contribution in [0.15, 0.2) is 29.4 Å². The van der Waals surface area contributed by atoms with Gasteiger partial charge in [-0.2, -0.15) is 0 Å². The van der Waals surface area contributed by atoms with E-state index >= 15 is 0 Å². The molecule has 0 aliphatic heterocycles. The molecule has 3 nitrogen and oxygen atoms in total. The average Bonchev–Trinajstić information content (AvgIpc) is 2.49. The van der Waals surface area contributed by atoms with Gasteiger partial charge in [0.25, 0.3) is 0 Å². The predicted octanol–water partition coefficient (Wildman–Crippen LogP) is 3.32. The molecule has 114 valence electrons. The van der Waals surface area contributed by atoms with E-state index in [9.17, 15) is 0 Å². The van der Waals surface area contributed by atoms with Crippen LogP contribution in [0.25, 0.3) is 0 Å². The van der Waals surface area contributed by atoms with Crippen molar-refractivity contribution in [3.05, 3.63) is 24.5 Å². The topological polar surface area (TPSA) is 37.0 Å². The number of rotatable bonds is 13. The maximum Gasteiger partial charge on any atom is 0.0278 e. The Hall–Kier alpha value is -0.580. The lowest BCUT2D eigenvalue weighted by molar-refractivity contribution is 0.568. The molecule has 0 fully saturated rings. The first-order valence-corrected chi connectivity index (χ1v) is 8.86. The summed E-state index contributed by atoms with van der Waals surface area (Å²) in [7, 11) is 0. The van der Waals surface area contributed by atoms with E-state index in [1.54, 1.807) is 0 Å². The number of nitrogens with one attached hydrogen (secondary N) is 2. The number of unbranched alkanes of at least 4 members (excludes halogenated alkanes) is 3. The highest BCUT2D eigenvalue weighted by molar-refractivity contribution is 7.99. The first-order chi connectivity index (χ1) is 9.93. The van der Waals surface area contributed by atoms with Gasteiger partial charge in [0.1, 0.15) is 0 Å². The first-order valence-electron chi connectivity index (χ1n) is 7.87. The first kappa shape index (κ1) is 17.5. The van der Waals surface area contributed by atoms with Crippen LogP contribution in [0, 0.1) is 0 Å². The van der Waals surface area contributed by atoms with Crippen LogP contribution in [-0.4, -0.2) is 36.9 Å². The highest BCUT2D eigenvalue weighted by Gasteiger charge is 1.93. The highest BCUT2D eigenvalue weighted by atomic mass is 32.2. The molecule has 0 spiro atoms. The zero-order valence-corrected chi connectivity index (χ0v) is 13.6. The van der Waals surface area contributed by atoms with Gasteiger partial charge in [0, 0.05) is 29.6 Å². The predicted molar refractivity (Wildman–Crippen MR) is 89.5 cm³/mol. The summed E-state index contributed by atoms with van der Waals surface area (Å²) in [6.45, 7) is 6.80. The van der Waals surface area contributed by atoms with Gasteiger partial charge in [-0.3, -0.25) is 4.98 Å². The fourth-order valence-corrected chi connectivity index (χ4v) is 2.75. The summed E-state index contributed by atoms with van der Waals surface area (Å²) in [5.41, 5.74) is 0. The van der Waals surface area contributed by atoms with Crippen molar-refractivity contribution < 1.29 is 0 Å². The summed E-state index contributed by atoms with van der Waals surface area (Å²) in [4.78, 5) is 5.33. The molecule has 0 aliphatic carbocycles. The van der Waals surface area contributed by atoms with Gasteiger partial charge in [0.15, 0.2) is 0 Å². The Kier molecular flexibility index (Phi) is 11.7. The maximum absolute atomic E-state index is 4.02. The fourth-order valence-electron chi connectivity index (χ4n) is 1.96. The minimum absolute atomic E-state index is 1.09. The molecule has 0 atom stereocenters. The van der Waals surface area contributed by atoms with Crippen molar-refractivity contribution in [3.63, 3.8) is 0 Å². The van der Waals surface area contributed by atoms with Crippen LogP contribution in [0.5, 0.6) is 0 Å². The van der Waals surface area contributed by atoms with E-state index in [-0.39, 0.29) is 0 Å². The van der Waals surface area contributed by atoms with Crippen molar-refractivity contribution in [3.8, 4) is 0 Å². The highest BCUT2D eigenvalue weighted by Crippen LogP contribution is 2.14. The smallest absolute Gasteiger partial charge is 0.0278 e. The van der Waals surface area contributed by atoms with Crippen LogP contribution in [0.2, 0.25) is 0 Å². The Morgan fingerprint density at radius 1 is 0.900 bits per heavy atom.